The monoisotopic (exact) mass is 333 g/mol. The molecule has 1 aliphatic carbocycles. The van der Waals surface area contributed by atoms with Crippen LogP contribution in [0.1, 0.15) is 24.8 Å². The molecule has 1 aromatic carbocycles. The Morgan fingerprint density at radius 2 is 2.00 bits per heavy atom. The van der Waals surface area contributed by atoms with Gasteiger partial charge in [0.2, 0.25) is 5.91 Å². The maximum atomic E-state index is 11.7. The number of anilines is 1. The van der Waals surface area contributed by atoms with E-state index >= 15 is 0 Å². The third-order valence-corrected chi connectivity index (χ3v) is 3.58. The molecule has 0 radical (unpaired) electrons. The number of amides is 1. The molecular formula is C15H25Cl2N3O. The zero-order chi connectivity index (χ0) is 13.7. The Bertz CT molecular complexity index is 439. The lowest BCUT2D eigenvalue weighted by Crippen LogP contribution is -2.39. The van der Waals surface area contributed by atoms with Crippen LogP contribution in [0.2, 0.25) is 0 Å². The highest BCUT2D eigenvalue weighted by Crippen LogP contribution is 2.31. The second-order valence-corrected chi connectivity index (χ2v) is 5.30. The number of carbonyl (C=O) groups excluding carboxylic acids is 1. The summed E-state index contributed by atoms with van der Waals surface area (Å²) in [7, 11) is 0. The summed E-state index contributed by atoms with van der Waals surface area (Å²) < 4.78 is 0. The Labute approximate surface area is 139 Å². The van der Waals surface area contributed by atoms with Crippen LogP contribution in [0.3, 0.4) is 0 Å². The van der Waals surface area contributed by atoms with E-state index in [9.17, 15) is 4.79 Å². The number of hydrogen-bond acceptors (Lipinski definition) is 3. The topological polar surface area (TPSA) is 67.2 Å². The largest absolute Gasteiger partial charge is 0.384 e. The van der Waals surface area contributed by atoms with E-state index in [4.69, 9.17) is 5.73 Å². The minimum absolute atomic E-state index is 0. The van der Waals surface area contributed by atoms with Gasteiger partial charge in [-0.3, -0.25) is 4.79 Å². The average molecular weight is 334 g/mol. The van der Waals surface area contributed by atoms with Gasteiger partial charge in [0.25, 0.3) is 0 Å². The molecule has 2 rings (SSSR count). The van der Waals surface area contributed by atoms with Crippen LogP contribution in [-0.4, -0.2) is 25.0 Å². The highest BCUT2D eigenvalue weighted by Gasteiger charge is 2.28. The fraction of sp³-hybridized carbons (Fsp3) is 0.533. The second-order valence-electron chi connectivity index (χ2n) is 5.30. The van der Waals surface area contributed by atoms with Crippen molar-refractivity contribution >= 4 is 36.4 Å². The van der Waals surface area contributed by atoms with Crippen molar-refractivity contribution in [2.45, 2.75) is 32.2 Å². The molecule has 21 heavy (non-hydrogen) atoms. The molecule has 120 valence electrons. The molecule has 4 nitrogen and oxygen atoms in total. The van der Waals surface area contributed by atoms with E-state index in [-0.39, 0.29) is 36.8 Å². The fourth-order valence-corrected chi connectivity index (χ4v) is 2.09. The molecule has 0 spiro atoms. The fourth-order valence-electron chi connectivity index (χ4n) is 2.09. The Balaban J connectivity index is 0.00000200. The van der Waals surface area contributed by atoms with Crippen molar-refractivity contribution in [1.82, 2.24) is 5.32 Å². The van der Waals surface area contributed by atoms with Crippen molar-refractivity contribution in [3.8, 4) is 0 Å². The lowest BCUT2D eigenvalue weighted by atomic mass is 10.2. The Kier molecular flexibility index (Phi) is 9.42. The molecule has 1 aliphatic rings. The molecule has 0 aromatic heterocycles. The first-order chi connectivity index (χ1) is 9.16. The number of para-hydroxylation sites is 1. The number of nitrogens with two attached hydrogens (primary N) is 1. The molecule has 1 unspecified atom stereocenters. The smallest absolute Gasteiger partial charge is 0.221 e. The van der Waals surface area contributed by atoms with Crippen LogP contribution in [0.15, 0.2) is 24.3 Å². The standard InChI is InChI=1S/C15H23N3O.2ClH/c1-11-4-2-3-5-14(11)17-9-8-15(19)18-10-13(16)12-6-7-12;;/h2-5,12-13,17H,6-10,16H2,1H3,(H,18,19);2*1H. The number of hydrogen-bond donors (Lipinski definition) is 3. The van der Waals surface area contributed by atoms with E-state index in [2.05, 4.69) is 23.6 Å². The van der Waals surface area contributed by atoms with Crippen molar-refractivity contribution < 1.29 is 4.79 Å². The number of nitrogens with one attached hydrogen (secondary N) is 2. The molecule has 1 aromatic rings. The van der Waals surface area contributed by atoms with Gasteiger partial charge in [0.1, 0.15) is 0 Å². The van der Waals surface area contributed by atoms with E-state index in [1.54, 1.807) is 0 Å². The maximum Gasteiger partial charge on any atom is 0.221 e. The highest BCUT2D eigenvalue weighted by atomic mass is 35.5. The first-order valence-corrected chi connectivity index (χ1v) is 6.98. The van der Waals surface area contributed by atoms with Gasteiger partial charge >= 0.3 is 0 Å². The Hall–Kier alpha value is -0.970. The number of halogens is 2. The second kappa shape index (κ2) is 9.87. The van der Waals surface area contributed by atoms with Gasteiger partial charge in [0.15, 0.2) is 0 Å². The van der Waals surface area contributed by atoms with Crippen LogP contribution in [-0.2, 0) is 4.79 Å². The molecule has 0 bridgehead atoms. The molecule has 1 fully saturated rings. The summed E-state index contributed by atoms with van der Waals surface area (Å²) in [6.45, 7) is 3.31. The summed E-state index contributed by atoms with van der Waals surface area (Å²) in [6.07, 6.45) is 2.91. The SMILES string of the molecule is Cc1ccccc1NCCC(=O)NCC(N)C1CC1.Cl.Cl. The maximum absolute atomic E-state index is 11.7. The lowest BCUT2D eigenvalue weighted by Gasteiger charge is -2.12. The van der Waals surface area contributed by atoms with Gasteiger partial charge in [0.05, 0.1) is 0 Å². The predicted molar refractivity (Wildman–Crippen MR) is 92.5 cm³/mol. The van der Waals surface area contributed by atoms with Crippen LogP contribution in [0.25, 0.3) is 0 Å². The molecule has 6 heteroatoms. The Morgan fingerprint density at radius 1 is 1.33 bits per heavy atom. The molecule has 0 aliphatic heterocycles. The molecule has 0 heterocycles. The summed E-state index contributed by atoms with van der Waals surface area (Å²) in [5, 5.41) is 6.18. The predicted octanol–water partition coefficient (Wildman–Crippen LogP) is 2.49. The van der Waals surface area contributed by atoms with Crippen molar-refractivity contribution in [3.63, 3.8) is 0 Å². The van der Waals surface area contributed by atoms with E-state index in [1.807, 2.05) is 18.2 Å². The normalized spacial score (nSPS) is 14.4. The van der Waals surface area contributed by atoms with Crippen molar-refractivity contribution in [3.05, 3.63) is 29.8 Å². The van der Waals surface area contributed by atoms with Gasteiger partial charge < -0.3 is 16.4 Å². The molecule has 1 atom stereocenters. The van der Waals surface area contributed by atoms with Crippen LogP contribution >= 0.6 is 24.8 Å². The third-order valence-electron chi connectivity index (χ3n) is 3.58. The zero-order valence-electron chi connectivity index (χ0n) is 12.3. The zero-order valence-corrected chi connectivity index (χ0v) is 13.9. The lowest BCUT2D eigenvalue weighted by molar-refractivity contribution is -0.120. The van der Waals surface area contributed by atoms with Crippen LogP contribution in [0.5, 0.6) is 0 Å². The van der Waals surface area contributed by atoms with Crippen molar-refractivity contribution in [2.24, 2.45) is 11.7 Å². The van der Waals surface area contributed by atoms with E-state index in [0.29, 0.717) is 25.4 Å². The van der Waals surface area contributed by atoms with Crippen LogP contribution in [0, 0.1) is 12.8 Å². The molecule has 4 N–H and O–H groups in total. The van der Waals surface area contributed by atoms with E-state index < -0.39 is 0 Å². The summed E-state index contributed by atoms with van der Waals surface area (Å²) in [5.41, 5.74) is 8.22. The summed E-state index contributed by atoms with van der Waals surface area (Å²) in [6, 6.07) is 8.21. The highest BCUT2D eigenvalue weighted by molar-refractivity contribution is 5.85. The van der Waals surface area contributed by atoms with E-state index in [1.165, 1.54) is 18.4 Å². The number of carbonyl (C=O) groups is 1. The summed E-state index contributed by atoms with van der Waals surface area (Å²) in [4.78, 5) is 11.7. The van der Waals surface area contributed by atoms with Gasteiger partial charge in [-0.1, -0.05) is 18.2 Å². The minimum atomic E-state index is 0. The summed E-state index contributed by atoms with van der Waals surface area (Å²) >= 11 is 0. The number of aryl methyl sites for hydroxylation is 1. The quantitative estimate of drug-likeness (QED) is 0.718. The average Bonchev–Trinajstić information content (AvgIpc) is 3.22. The molecule has 0 saturated heterocycles. The van der Waals surface area contributed by atoms with Crippen LogP contribution < -0.4 is 16.4 Å². The van der Waals surface area contributed by atoms with Crippen molar-refractivity contribution in [2.75, 3.05) is 18.4 Å². The van der Waals surface area contributed by atoms with Crippen LogP contribution in [0.4, 0.5) is 5.69 Å². The number of rotatable bonds is 7. The van der Waals surface area contributed by atoms with Gasteiger partial charge in [-0.15, -0.1) is 24.8 Å². The Morgan fingerprint density at radius 3 is 2.62 bits per heavy atom. The first kappa shape index (κ1) is 20.0. The van der Waals surface area contributed by atoms with Gasteiger partial charge in [-0.05, 0) is 37.3 Å². The number of benzene rings is 1. The molecule has 1 amide bonds. The van der Waals surface area contributed by atoms with Gasteiger partial charge in [-0.25, -0.2) is 0 Å². The van der Waals surface area contributed by atoms with Gasteiger partial charge in [-0.2, -0.15) is 0 Å². The summed E-state index contributed by atoms with van der Waals surface area (Å²) in [5.74, 6) is 0.697. The third kappa shape index (κ3) is 7.02. The molecular weight excluding hydrogens is 309 g/mol. The van der Waals surface area contributed by atoms with E-state index in [0.717, 1.165) is 5.69 Å². The first-order valence-electron chi connectivity index (χ1n) is 6.98. The minimum Gasteiger partial charge on any atom is -0.384 e. The molecule has 1 saturated carbocycles. The van der Waals surface area contributed by atoms with Gasteiger partial charge in [0, 0.05) is 31.2 Å². The van der Waals surface area contributed by atoms with Crippen molar-refractivity contribution in [1.29, 1.82) is 0 Å².